The Kier molecular flexibility index (Phi) is 3.17. The normalized spacial score (nSPS) is 16.8. The lowest BCUT2D eigenvalue weighted by Crippen LogP contribution is -2.34. The molecule has 0 saturated heterocycles. The van der Waals surface area contributed by atoms with E-state index in [4.69, 9.17) is 0 Å². The quantitative estimate of drug-likeness (QED) is 0.897. The van der Waals surface area contributed by atoms with Gasteiger partial charge in [-0.15, -0.1) is 5.10 Å². The predicted molar refractivity (Wildman–Crippen MR) is 74.7 cm³/mol. The molecule has 1 atom stereocenters. The number of nitrogens with zero attached hydrogens (tertiary/aromatic N) is 4. The minimum atomic E-state index is -0.942. The molecule has 6 nitrogen and oxygen atoms in total. The molecule has 1 heterocycles. The van der Waals surface area contributed by atoms with Gasteiger partial charge in [0.1, 0.15) is 11.0 Å². The lowest BCUT2D eigenvalue weighted by Gasteiger charge is -2.24. The Morgan fingerprint density at radius 3 is 2.95 bits per heavy atom. The van der Waals surface area contributed by atoms with Crippen LogP contribution in [0.4, 0.5) is 0 Å². The highest BCUT2D eigenvalue weighted by Crippen LogP contribution is 2.27. The molecule has 20 heavy (non-hydrogen) atoms. The van der Waals surface area contributed by atoms with Crippen molar-refractivity contribution in [1.82, 2.24) is 19.9 Å². The standard InChI is InChI=1S/C14H18N4O2/c1-9(17(2)10-6-7-10)8-18-13-11(14(19)20)4-3-5-12(13)15-16-18/h3-5,9-10H,6-8H2,1-2H3,(H,19,20). The van der Waals surface area contributed by atoms with Gasteiger partial charge < -0.3 is 5.11 Å². The van der Waals surface area contributed by atoms with Crippen molar-refractivity contribution in [3.05, 3.63) is 23.8 Å². The molecule has 1 fully saturated rings. The number of fused-ring (bicyclic) bond motifs is 1. The molecule has 6 heteroatoms. The number of rotatable bonds is 5. The molecule has 1 aromatic carbocycles. The van der Waals surface area contributed by atoms with Crippen molar-refractivity contribution in [1.29, 1.82) is 0 Å². The fraction of sp³-hybridized carbons (Fsp3) is 0.500. The van der Waals surface area contributed by atoms with E-state index < -0.39 is 5.97 Å². The summed E-state index contributed by atoms with van der Waals surface area (Å²) in [4.78, 5) is 13.7. The summed E-state index contributed by atoms with van der Waals surface area (Å²) >= 11 is 0. The number of hydrogen-bond donors (Lipinski definition) is 1. The van der Waals surface area contributed by atoms with Crippen LogP contribution >= 0.6 is 0 Å². The number of para-hydroxylation sites is 1. The first-order valence-electron chi connectivity index (χ1n) is 6.85. The number of aromatic carboxylic acids is 1. The SMILES string of the molecule is CC(Cn1nnc2cccc(C(=O)O)c21)N(C)C1CC1. The van der Waals surface area contributed by atoms with Gasteiger partial charge in [-0.25, -0.2) is 9.48 Å². The van der Waals surface area contributed by atoms with Gasteiger partial charge in [0, 0.05) is 12.1 Å². The lowest BCUT2D eigenvalue weighted by atomic mass is 10.2. The van der Waals surface area contributed by atoms with Crippen molar-refractivity contribution >= 4 is 17.0 Å². The molecule has 3 rings (SSSR count). The summed E-state index contributed by atoms with van der Waals surface area (Å²) in [6.45, 7) is 2.78. The van der Waals surface area contributed by atoms with Crippen LogP contribution in [0.25, 0.3) is 11.0 Å². The minimum Gasteiger partial charge on any atom is -0.478 e. The van der Waals surface area contributed by atoms with Gasteiger partial charge in [-0.2, -0.15) is 0 Å². The van der Waals surface area contributed by atoms with Gasteiger partial charge in [-0.1, -0.05) is 11.3 Å². The molecular weight excluding hydrogens is 256 g/mol. The van der Waals surface area contributed by atoms with Crippen molar-refractivity contribution < 1.29 is 9.90 Å². The van der Waals surface area contributed by atoms with E-state index in [2.05, 4.69) is 29.2 Å². The molecule has 1 N–H and O–H groups in total. The molecule has 0 bridgehead atoms. The van der Waals surface area contributed by atoms with Crippen LogP contribution in [-0.2, 0) is 6.54 Å². The van der Waals surface area contributed by atoms with E-state index in [0.717, 1.165) is 0 Å². The summed E-state index contributed by atoms with van der Waals surface area (Å²) in [5.41, 5.74) is 1.50. The number of carbonyl (C=O) groups is 1. The lowest BCUT2D eigenvalue weighted by molar-refractivity contribution is 0.0698. The average molecular weight is 274 g/mol. The Morgan fingerprint density at radius 1 is 1.55 bits per heavy atom. The van der Waals surface area contributed by atoms with Crippen molar-refractivity contribution in [2.24, 2.45) is 0 Å². The highest BCUT2D eigenvalue weighted by atomic mass is 16.4. The first kappa shape index (κ1) is 13.1. The fourth-order valence-corrected chi connectivity index (χ4v) is 2.55. The summed E-state index contributed by atoms with van der Waals surface area (Å²) in [5.74, 6) is -0.942. The second kappa shape index (κ2) is 4.86. The molecule has 2 aromatic rings. The van der Waals surface area contributed by atoms with Crippen molar-refractivity contribution in [3.8, 4) is 0 Å². The first-order valence-corrected chi connectivity index (χ1v) is 6.85. The number of carboxylic acid groups (broad SMARTS) is 1. The predicted octanol–water partition coefficient (Wildman–Crippen LogP) is 1.61. The Morgan fingerprint density at radius 2 is 2.30 bits per heavy atom. The Labute approximate surface area is 117 Å². The van der Waals surface area contributed by atoms with Crippen LogP contribution in [0.15, 0.2) is 18.2 Å². The molecule has 1 aliphatic carbocycles. The van der Waals surface area contributed by atoms with Crippen LogP contribution in [0, 0.1) is 0 Å². The van der Waals surface area contributed by atoms with E-state index in [0.29, 0.717) is 29.7 Å². The maximum atomic E-state index is 11.3. The Hall–Kier alpha value is -1.95. The number of aromatic nitrogens is 3. The molecule has 0 radical (unpaired) electrons. The maximum Gasteiger partial charge on any atom is 0.337 e. The maximum absolute atomic E-state index is 11.3. The van der Waals surface area contributed by atoms with Crippen LogP contribution in [0.5, 0.6) is 0 Å². The summed E-state index contributed by atoms with van der Waals surface area (Å²) in [5, 5.41) is 17.5. The first-order chi connectivity index (χ1) is 9.58. The molecule has 0 spiro atoms. The molecule has 1 unspecified atom stereocenters. The third-order valence-corrected chi connectivity index (χ3v) is 4.02. The smallest absolute Gasteiger partial charge is 0.337 e. The molecule has 1 aliphatic rings. The number of carboxylic acids is 1. The Balaban J connectivity index is 1.93. The monoisotopic (exact) mass is 274 g/mol. The van der Waals surface area contributed by atoms with Crippen LogP contribution in [0.3, 0.4) is 0 Å². The molecule has 1 saturated carbocycles. The second-order valence-electron chi connectivity index (χ2n) is 5.50. The average Bonchev–Trinajstić information content (AvgIpc) is 3.20. The highest BCUT2D eigenvalue weighted by Gasteiger charge is 2.29. The molecule has 106 valence electrons. The van der Waals surface area contributed by atoms with Crippen molar-refractivity contribution in [3.63, 3.8) is 0 Å². The zero-order chi connectivity index (χ0) is 14.3. The summed E-state index contributed by atoms with van der Waals surface area (Å²) in [7, 11) is 2.11. The van der Waals surface area contributed by atoms with Crippen LogP contribution < -0.4 is 0 Å². The van der Waals surface area contributed by atoms with E-state index >= 15 is 0 Å². The summed E-state index contributed by atoms with van der Waals surface area (Å²) < 4.78 is 1.71. The molecular formula is C14H18N4O2. The van der Waals surface area contributed by atoms with Crippen molar-refractivity contribution in [2.45, 2.75) is 38.4 Å². The van der Waals surface area contributed by atoms with E-state index in [1.165, 1.54) is 12.8 Å². The van der Waals surface area contributed by atoms with E-state index in [1.807, 2.05) is 0 Å². The van der Waals surface area contributed by atoms with Gasteiger partial charge in [-0.05, 0) is 38.9 Å². The van der Waals surface area contributed by atoms with Gasteiger partial charge >= 0.3 is 5.97 Å². The molecule has 1 aromatic heterocycles. The van der Waals surface area contributed by atoms with E-state index in [9.17, 15) is 9.90 Å². The number of benzene rings is 1. The highest BCUT2D eigenvalue weighted by molar-refractivity contribution is 6.00. The van der Waals surface area contributed by atoms with Gasteiger partial charge in [0.2, 0.25) is 0 Å². The number of likely N-dealkylation sites (N-methyl/N-ethyl adjacent to an activating group) is 1. The van der Waals surface area contributed by atoms with E-state index in [1.54, 1.807) is 22.9 Å². The van der Waals surface area contributed by atoms with Gasteiger partial charge in [0.15, 0.2) is 0 Å². The Bertz CT molecular complexity index is 648. The third-order valence-electron chi connectivity index (χ3n) is 4.02. The van der Waals surface area contributed by atoms with Crippen LogP contribution in [-0.4, -0.2) is 50.1 Å². The van der Waals surface area contributed by atoms with E-state index in [-0.39, 0.29) is 5.56 Å². The van der Waals surface area contributed by atoms with Crippen LogP contribution in [0.2, 0.25) is 0 Å². The molecule has 0 amide bonds. The summed E-state index contributed by atoms with van der Waals surface area (Å²) in [6.07, 6.45) is 2.50. The van der Waals surface area contributed by atoms with Crippen molar-refractivity contribution in [2.75, 3.05) is 7.05 Å². The topological polar surface area (TPSA) is 71.2 Å². The van der Waals surface area contributed by atoms with Gasteiger partial charge in [0.05, 0.1) is 12.1 Å². The zero-order valence-corrected chi connectivity index (χ0v) is 11.7. The van der Waals surface area contributed by atoms with Gasteiger partial charge in [-0.3, -0.25) is 4.90 Å². The zero-order valence-electron chi connectivity index (χ0n) is 11.7. The van der Waals surface area contributed by atoms with Gasteiger partial charge in [0.25, 0.3) is 0 Å². The minimum absolute atomic E-state index is 0.258. The second-order valence-corrected chi connectivity index (χ2v) is 5.50. The van der Waals surface area contributed by atoms with Crippen LogP contribution in [0.1, 0.15) is 30.1 Å². The fourth-order valence-electron chi connectivity index (χ4n) is 2.55. The molecule has 0 aliphatic heterocycles. The third kappa shape index (κ3) is 2.27. The number of hydrogen-bond acceptors (Lipinski definition) is 4. The largest absolute Gasteiger partial charge is 0.478 e. The summed E-state index contributed by atoms with van der Waals surface area (Å²) in [6, 6.07) is 6.05.